The molecule has 0 amide bonds. The summed E-state index contributed by atoms with van der Waals surface area (Å²) >= 11 is 3.71. The molecule has 11 rings (SSSR count). The van der Waals surface area contributed by atoms with Gasteiger partial charge in [-0.1, -0.05) is 127 Å². The third-order valence-corrected chi connectivity index (χ3v) is 13.4. The minimum Gasteiger partial charge on any atom is -0.310 e. The van der Waals surface area contributed by atoms with E-state index in [4.69, 9.17) is 0 Å². The van der Waals surface area contributed by atoms with Gasteiger partial charge in [0.25, 0.3) is 0 Å². The minimum atomic E-state index is 1.11. The number of rotatable bonds is 8. The van der Waals surface area contributed by atoms with E-state index in [0.717, 1.165) is 28.4 Å². The molecule has 9 aromatic carbocycles. The van der Waals surface area contributed by atoms with Gasteiger partial charge < -0.3 is 9.80 Å². The second kappa shape index (κ2) is 14.5. The lowest BCUT2D eigenvalue weighted by atomic mass is 10.0. The molecule has 11 aromatic rings. The molecule has 0 saturated carbocycles. The average Bonchev–Trinajstić information content (AvgIpc) is 3.87. The van der Waals surface area contributed by atoms with E-state index in [-0.39, 0.29) is 0 Å². The van der Waals surface area contributed by atoms with Crippen molar-refractivity contribution in [2.24, 2.45) is 0 Å². The Kier molecular flexibility index (Phi) is 8.58. The molecule has 4 heteroatoms. The number of hydrogen-bond acceptors (Lipinski definition) is 4. The molecule has 0 saturated heterocycles. The second-order valence-electron chi connectivity index (χ2n) is 14.5. The summed E-state index contributed by atoms with van der Waals surface area (Å²) in [6, 6.07) is 79.3. The molecule has 0 aliphatic rings. The van der Waals surface area contributed by atoms with Crippen LogP contribution in [0.3, 0.4) is 0 Å². The monoisotopic (exact) mass is 776 g/mol. The Hall–Kier alpha value is -6.98. The summed E-state index contributed by atoms with van der Waals surface area (Å²) in [5.41, 5.74) is 11.6. The van der Waals surface area contributed by atoms with Crippen molar-refractivity contribution in [2.75, 3.05) is 9.80 Å². The first-order chi connectivity index (χ1) is 28.7. The van der Waals surface area contributed by atoms with Crippen LogP contribution in [0.15, 0.2) is 218 Å². The Labute approximate surface area is 345 Å². The lowest BCUT2D eigenvalue weighted by Gasteiger charge is -2.27. The van der Waals surface area contributed by atoms with Crippen molar-refractivity contribution in [1.82, 2.24) is 0 Å². The van der Waals surface area contributed by atoms with Crippen molar-refractivity contribution in [3.8, 4) is 22.3 Å². The normalized spacial score (nSPS) is 11.4. The number of thiophene rings is 2. The highest BCUT2D eigenvalue weighted by molar-refractivity contribution is 7.26. The van der Waals surface area contributed by atoms with Crippen LogP contribution in [0.4, 0.5) is 34.1 Å². The molecular weight excluding hydrogens is 741 g/mol. The lowest BCUT2D eigenvalue weighted by molar-refractivity contribution is 1.29. The summed E-state index contributed by atoms with van der Waals surface area (Å²) < 4.78 is 5.21. The van der Waals surface area contributed by atoms with Crippen molar-refractivity contribution < 1.29 is 0 Å². The topological polar surface area (TPSA) is 6.48 Å². The molecule has 0 fully saturated rings. The number of fused-ring (bicyclic) bond motifs is 6. The van der Waals surface area contributed by atoms with E-state index in [1.54, 1.807) is 0 Å². The van der Waals surface area contributed by atoms with Crippen LogP contribution in [0.25, 0.3) is 62.6 Å². The summed E-state index contributed by atoms with van der Waals surface area (Å²) in [7, 11) is 0. The van der Waals surface area contributed by atoms with Gasteiger partial charge in [-0.15, -0.1) is 22.7 Å². The van der Waals surface area contributed by atoms with Gasteiger partial charge in [0, 0.05) is 68.8 Å². The first kappa shape index (κ1) is 34.3. The fourth-order valence-corrected chi connectivity index (χ4v) is 10.5. The zero-order valence-corrected chi connectivity index (χ0v) is 33.1. The fraction of sp³-hybridized carbons (Fsp3) is 0. The van der Waals surface area contributed by atoms with Crippen molar-refractivity contribution in [2.45, 2.75) is 0 Å². The van der Waals surface area contributed by atoms with Crippen LogP contribution in [0.2, 0.25) is 0 Å². The SMILES string of the molecule is c1ccc(-c2ccc(N(c3ccc(-c4ccc(N(c5ccccc5)c5ccc6sc7ccccc7c6c5)cc4)cc3)c3cccc4sc5ccccc5c34)cc2)cc1. The van der Waals surface area contributed by atoms with Crippen molar-refractivity contribution >= 4 is 97.1 Å². The molecule has 0 N–H and O–H groups in total. The van der Waals surface area contributed by atoms with Gasteiger partial charge in [0.2, 0.25) is 0 Å². The maximum atomic E-state index is 2.41. The first-order valence-corrected chi connectivity index (χ1v) is 21.2. The van der Waals surface area contributed by atoms with E-state index < -0.39 is 0 Å². The maximum absolute atomic E-state index is 2.41. The Morgan fingerprint density at radius 2 is 0.690 bits per heavy atom. The molecule has 2 aromatic heterocycles. The zero-order chi connectivity index (χ0) is 38.4. The van der Waals surface area contributed by atoms with Gasteiger partial charge >= 0.3 is 0 Å². The molecule has 0 spiro atoms. The number of hydrogen-bond donors (Lipinski definition) is 0. The van der Waals surface area contributed by atoms with Crippen LogP contribution >= 0.6 is 22.7 Å². The summed E-state index contributed by atoms with van der Waals surface area (Å²) in [6.45, 7) is 0. The smallest absolute Gasteiger partial charge is 0.0554 e. The maximum Gasteiger partial charge on any atom is 0.0554 e. The van der Waals surface area contributed by atoms with Gasteiger partial charge in [-0.05, 0) is 113 Å². The van der Waals surface area contributed by atoms with Crippen LogP contribution in [-0.4, -0.2) is 0 Å². The molecule has 0 radical (unpaired) electrons. The number of para-hydroxylation sites is 1. The van der Waals surface area contributed by atoms with Gasteiger partial charge in [-0.25, -0.2) is 0 Å². The number of benzene rings is 9. The van der Waals surface area contributed by atoms with Crippen LogP contribution in [0, 0.1) is 0 Å². The van der Waals surface area contributed by atoms with E-state index in [9.17, 15) is 0 Å². The highest BCUT2D eigenvalue weighted by Crippen LogP contribution is 2.46. The van der Waals surface area contributed by atoms with Gasteiger partial charge in [-0.3, -0.25) is 0 Å². The Balaban J connectivity index is 0.966. The van der Waals surface area contributed by atoms with Crippen LogP contribution in [0.1, 0.15) is 0 Å². The third kappa shape index (κ3) is 6.11. The molecule has 274 valence electrons. The van der Waals surface area contributed by atoms with E-state index in [0.29, 0.717) is 0 Å². The van der Waals surface area contributed by atoms with Gasteiger partial charge in [0.1, 0.15) is 0 Å². The Bertz CT molecular complexity index is 3200. The zero-order valence-electron chi connectivity index (χ0n) is 31.5. The van der Waals surface area contributed by atoms with E-state index in [1.807, 2.05) is 22.7 Å². The molecule has 2 heterocycles. The second-order valence-corrected chi connectivity index (χ2v) is 16.7. The Morgan fingerprint density at radius 3 is 1.33 bits per heavy atom. The molecular formula is C54H36N2S2. The van der Waals surface area contributed by atoms with Crippen molar-refractivity contribution in [3.05, 3.63) is 218 Å². The largest absolute Gasteiger partial charge is 0.310 e. The average molecular weight is 777 g/mol. The van der Waals surface area contributed by atoms with Crippen LogP contribution < -0.4 is 9.80 Å². The predicted molar refractivity (Wildman–Crippen MR) is 252 cm³/mol. The highest BCUT2D eigenvalue weighted by atomic mass is 32.1. The molecule has 0 unspecified atom stereocenters. The standard InChI is InChI=1S/C54H36N2S2/c1-3-12-37(13-4-1)38-24-30-43(31-25-38)56(49-18-11-21-53-54(49)47-17-8-10-20-51(47)58-53)44-32-26-40(27-33-44)39-22-28-42(29-23-39)55(41-14-5-2-6-15-41)45-34-35-52-48(36-45)46-16-7-9-19-50(46)57-52/h1-36H. The molecule has 0 aliphatic carbocycles. The number of anilines is 6. The third-order valence-electron chi connectivity index (χ3n) is 11.1. The van der Waals surface area contributed by atoms with Gasteiger partial charge in [-0.2, -0.15) is 0 Å². The van der Waals surface area contributed by atoms with E-state index in [2.05, 4.69) is 228 Å². The summed E-state index contributed by atoms with van der Waals surface area (Å²) in [6.07, 6.45) is 0. The summed E-state index contributed by atoms with van der Waals surface area (Å²) in [5, 5.41) is 5.16. The lowest BCUT2D eigenvalue weighted by Crippen LogP contribution is -2.10. The molecule has 0 aliphatic heterocycles. The van der Waals surface area contributed by atoms with E-state index in [1.165, 1.54) is 68.3 Å². The highest BCUT2D eigenvalue weighted by Gasteiger charge is 2.19. The van der Waals surface area contributed by atoms with Crippen molar-refractivity contribution in [1.29, 1.82) is 0 Å². The molecule has 58 heavy (non-hydrogen) atoms. The van der Waals surface area contributed by atoms with Gasteiger partial charge in [0.05, 0.1) is 5.69 Å². The Morgan fingerprint density at radius 1 is 0.259 bits per heavy atom. The first-order valence-electron chi connectivity index (χ1n) is 19.6. The molecule has 0 atom stereocenters. The van der Waals surface area contributed by atoms with Crippen LogP contribution in [-0.2, 0) is 0 Å². The fourth-order valence-electron chi connectivity index (χ4n) is 8.29. The van der Waals surface area contributed by atoms with Gasteiger partial charge in [0.15, 0.2) is 0 Å². The van der Waals surface area contributed by atoms with Crippen LogP contribution in [0.5, 0.6) is 0 Å². The van der Waals surface area contributed by atoms with E-state index >= 15 is 0 Å². The molecule has 2 nitrogen and oxygen atoms in total. The van der Waals surface area contributed by atoms with Crippen molar-refractivity contribution in [3.63, 3.8) is 0 Å². The molecule has 0 bridgehead atoms. The minimum absolute atomic E-state index is 1.11. The summed E-state index contributed by atoms with van der Waals surface area (Å²) in [5.74, 6) is 0. The number of nitrogens with zero attached hydrogens (tertiary/aromatic N) is 2. The quantitative estimate of drug-likeness (QED) is 0.152. The predicted octanol–water partition coefficient (Wildman–Crippen LogP) is 16.7. The summed E-state index contributed by atoms with van der Waals surface area (Å²) in [4.78, 5) is 4.77.